The van der Waals surface area contributed by atoms with E-state index in [0.717, 1.165) is 40.3 Å². The molecule has 0 aliphatic carbocycles. The van der Waals surface area contributed by atoms with Gasteiger partial charge in [-0.2, -0.15) is 0 Å². The lowest BCUT2D eigenvalue weighted by atomic mass is 10.1. The zero-order valence-electron chi connectivity index (χ0n) is 12.9. The minimum Gasteiger partial charge on any atom is -0.368 e. The summed E-state index contributed by atoms with van der Waals surface area (Å²) in [5, 5.41) is 0.753. The maximum absolute atomic E-state index is 12.7. The third-order valence-corrected chi connectivity index (χ3v) is 5.36. The van der Waals surface area contributed by atoms with Crippen LogP contribution >= 0.6 is 34.2 Å². The second-order valence-corrected chi connectivity index (χ2v) is 7.29. The van der Waals surface area contributed by atoms with Gasteiger partial charge in [0.25, 0.3) is 5.91 Å². The number of hydrogen-bond donors (Lipinski definition) is 0. The molecule has 120 valence electrons. The number of benzene rings is 2. The smallest absolute Gasteiger partial charge is 0.255 e. The van der Waals surface area contributed by atoms with Crippen LogP contribution < -0.4 is 4.90 Å². The molecular weight excluding hydrogens is 423 g/mol. The Morgan fingerprint density at radius 2 is 1.78 bits per heavy atom. The van der Waals surface area contributed by atoms with Crippen LogP contribution in [0.5, 0.6) is 0 Å². The fourth-order valence-corrected chi connectivity index (χ4v) is 3.66. The minimum absolute atomic E-state index is 0.123. The maximum atomic E-state index is 12.7. The largest absolute Gasteiger partial charge is 0.368 e. The minimum atomic E-state index is 0.123. The standard InChI is InChI=1S/C18H18ClIN2O/c1-13-6-7-14(19)12-17(13)21-8-10-22(11-9-21)18(23)15-4-2-3-5-16(15)20/h2-7,12H,8-11H2,1H3. The summed E-state index contributed by atoms with van der Waals surface area (Å²) >= 11 is 8.34. The highest BCUT2D eigenvalue weighted by Crippen LogP contribution is 2.25. The van der Waals surface area contributed by atoms with Crippen LogP contribution in [0.4, 0.5) is 5.69 Å². The number of carbonyl (C=O) groups excluding carboxylic acids is 1. The summed E-state index contributed by atoms with van der Waals surface area (Å²) in [7, 11) is 0. The number of anilines is 1. The molecule has 0 aromatic heterocycles. The van der Waals surface area contributed by atoms with Gasteiger partial charge in [0.2, 0.25) is 0 Å². The van der Waals surface area contributed by atoms with Gasteiger partial charge in [-0.05, 0) is 59.3 Å². The number of nitrogens with zero attached hydrogens (tertiary/aromatic N) is 2. The predicted octanol–water partition coefficient (Wildman–Crippen LogP) is 4.22. The third-order valence-electron chi connectivity index (χ3n) is 4.18. The van der Waals surface area contributed by atoms with E-state index >= 15 is 0 Å². The first-order chi connectivity index (χ1) is 11.1. The number of halogens is 2. The van der Waals surface area contributed by atoms with Crippen LogP contribution in [0.2, 0.25) is 5.02 Å². The normalized spacial score (nSPS) is 14.9. The van der Waals surface area contributed by atoms with Gasteiger partial charge in [0.05, 0.1) is 5.56 Å². The lowest BCUT2D eigenvalue weighted by molar-refractivity contribution is 0.0745. The van der Waals surface area contributed by atoms with E-state index in [4.69, 9.17) is 11.6 Å². The first-order valence-corrected chi connectivity index (χ1v) is 9.07. The van der Waals surface area contributed by atoms with Crippen LogP contribution in [-0.4, -0.2) is 37.0 Å². The fourth-order valence-electron chi connectivity index (χ4n) is 2.88. The molecule has 1 aliphatic heterocycles. The third kappa shape index (κ3) is 3.63. The fraction of sp³-hybridized carbons (Fsp3) is 0.278. The molecule has 0 spiro atoms. The number of hydrogen-bond acceptors (Lipinski definition) is 2. The van der Waals surface area contributed by atoms with E-state index in [2.05, 4.69) is 34.4 Å². The Labute approximate surface area is 155 Å². The predicted molar refractivity (Wildman–Crippen MR) is 103 cm³/mol. The Kier molecular flexibility index (Phi) is 5.11. The van der Waals surface area contributed by atoms with Gasteiger partial charge in [0.15, 0.2) is 0 Å². The van der Waals surface area contributed by atoms with E-state index in [0.29, 0.717) is 0 Å². The van der Waals surface area contributed by atoms with Crippen molar-refractivity contribution in [1.82, 2.24) is 4.90 Å². The summed E-state index contributed by atoms with van der Waals surface area (Å²) in [6.07, 6.45) is 0. The number of rotatable bonds is 2. The summed E-state index contributed by atoms with van der Waals surface area (Å²) in [6, 6.07) is 13.7. The van der Waals surface area contributed by atoms with Crippen LogP contribution in [0.25, 0.3) is 0 Å². The zero-order valence-corrected chi connectivity index (χ0v) is 15.8. The van der Waals surface area contributed by atoms with Crippen molar-refractivity contribution in [1.29, 1.82) is 0 Å². The Hall–Kier alpha value is -1.27. The van der Waals surface area contributed by atoms with Crippen molar-refractivity contribution in [2.75, 3.05) is 31.1 Å². The number of aryl methyl sites for hydroxylation is 1. The summed E-state index contributed by atoms with van der Waals surface area (Å²) in [5.74, 6) is 0.123. The van der Waals surface area contributed by atoms with Gasteiger partial charge in [0, 0.05) is 40.5 Å². The van der Waals surface area contributed by atoms with Crippen molar-refractivity contribution in [3.05, 3.63) is 62.2 Å². The van der Waals surface area contributed by atoms with Crippen molar-refractivity contribution >= 4 is 45.8 Å². The molecule has 0 bridgehead atoms. The summed E-state index contributed by atoms with van der Waals surface area (Å²) in [5.41, 5.74) is 3.17. The molecule has 1 heterocycles. The number of carbonyl (C=O) groups is 1. The molecule has 1 amide bonds. The molecule has 5 heteroatoms. The summed E-state index contributed by atoms with van der Waals surface area (Å²) in [6.45, 7) is 5.22. The second kappa shape index (κ2) is 7.09. The van der Waals surface area contributed by atoms with E-state index in [-0.39, 0.29) is 5.91 Å². The molecule has 1 aliphatic rings. The molecule has 0 saturated carbocycles. The molecule has 2 aromatic rings. The van der Waals surface area contributed by atoms with Gasteiger partial charge in [-0.15, -0.1) is 0 Å². The summed E-state index contributed by atoms with van der Waals surface area (Å²) in [4.78, 5) is 16.9. The lowest BCUT2D eigenvalue weighted by Crippen LogP contribution is -2.49. The van der Waals surface area contributed by atoms with Crippen molar-refractivity contribution in [3.8, 4) is 0 Å². The lowest BCUT2D eigenvalue weighted by Gasteiger charge is -2.37. The van der Waals surface area contributed by atoms with Crippen molar-refractivity contribution in [3.63, 3.8) is 0 Å². The zero-order chi connectivity index (χ0) is 16.4. The van der Waals surface area contributed by atoms with Crippen LogP contribution in [0, 0.1) is 10.5 Å². The Morgan fingerprint density at radius 3 is 2.48 bits per heavy atom. The van der Waals surface area contributed by atoms with Crippen LogP contribution in [0.3, 0.4) is 0 Å². The molecule has 0 radical (unpaired) electrons. The van der Waals surface area contributed by atoms with Crippen molar-refractivity contribution in [2.24, 2.45) is 0 Å². The van der Waals surface area contributed by atoms with E-state index in [1.54, 1.807) is 0 Å². The van der Waals surface area contributed by atoms with Crippen molar-refractivity contribution < 1.29 is 4.79 Å². The first-order valence-electron chi connectivity index (χ1n) is 7.61. The first kappa shape index (κ1) is 16.6. The quantitative estimate of drug-likeness (QED) is 0.653. The van der Waals surface area contributed by atoms with E-state index in [1.807, 2.05) is 47.4 Å². The highest BCUT2D eigenvalue weighted by molar-refractivity contribution is 14.1. The van der Waals surface area contributed by atoms with E-state index in [1.165, 1.54) is 11.3 Å². The molecule has 1 saturated heterocycles. The van der Waals surface area contributed by atoms with Crippen molar-refractivity contribution in [2.45, 2.75) is 6.92 Å². The molecule has 3 rings (SSSR count). The highest BCUT2D eigenvalue weighted by atomic mass is 127. The summed E-state index contributed by atoms with van der Waals surface area (Å²) < 4.78 is 1.00. The van der Waals surface area contributed by atoms with Crippen LogP contribution in [-0.2, 0) is 0 Å². The molecule has 0 N–H and O–H groups in total. The van der Waals surface area contributed by atoms with E-state index in [9.17, 15) is 4.79 Å². The Morgan fingerprint density at radius 1 is 1.09 bits per heavy atom. The van der Waals surface area contributed by atoms with Crippen LogP contribution in [0.1, 0.15) is 15.9 Å². The molecule has 1 fully saturated rings. The maximum Gasteiger partial charge on any atom is 0.255 e. The molecule has 23 heavy (non-hydrogen) atoms. The average molecular weight is 441 g/mol. The molecular formula is C18H18ClIN2O. The molecule has 0 atom stereocenters. The molecule has 2 aromatic carbocycles. The van der Waals surface area contributed by atoms with Gasteiger partial charge >= 0.3 is 0 Å². The molecule has 0 unspecified atom stereocenters. The number of amides is 1. The monoisotopic (exact) mass is 440 g/mol. The Bertz CT molecular complexity index is 727. The van der Waals surface area contributed by atoms with Gasteiger partial charge in [-0.3, -0.25) is 4.79 Å². The van der Waals surface area contributed by atoms with Gasteiger partial charge in [0.1, 0.15) is 0 Å². The SMILES string of the molecule is Cc1ccc(Cl)cc1N1CCN(C(=O)c2ccccc2I)CC1. The van der Waals surface area contributed by atoms with E-state index < -0.39 is 0 Å². The Balaban J connectivity index is 1.70. The second-order valence-electron chi connectivity index (χ2n) is 5.69. The van der Waals surface area contributed by atoms with Gasteiger partial charge < -0.3 is 9.80 Å². The topological polar surface area (TPSA) is 23.6 Å². The van der Waals surface area contributed by atoms with Gasteiger partial charge in [-0.25, -0.2) is 0 Å². The highest BCUT2D eigenvalue weighted by Gasteiger charge is 2.24. The van der Waals surface area contributed by atoms with Crippen LogP contribution in [0.15, 0.2) is 42.5 Å². The average Bonchev–Trinajstić information content (AvgIpc) is 2.57. The number of piperazine rings is 1. The van der Waals surface area contributed by atoms with Gasteiger partial charge in [-0.1, -0.05) is 29.8 Å². The molecule has 3 nitrogen and oxygen atoms in total.